The first kappa shape index (κ1) is 24.2. The Hall–Kier alpha value is -4.19. The molecule has 2 aromatic carbocycles. The van der Waals surface area contributed by atoms with Crippen LogP contribution in [0.25, 0.3) is 27.9 Å². The summed E-state index contributed by atoms with van der Waals surface area (Å²) in [5, 5.41) is 15.2. The average Bonchev–Trinajstić information content (AvgIpc) is 3.53. The van der Waals surface area contributed by atoms with Crippen molar-refractivity contribution in [3.8, 4) is 11.6 Å². The highest BCUT2D eigenvalue weighted by molar-refractivity contribution is 7.90. The van der Waals surface area contributed by atoms with Gasteiger partial charge in [-0.15, -0.1) is 0 Å². The Labute approximate surface area is 219 Å². The molecule has 0 aliphatic carbocycles. The summed E-state index contributed by atoms with van der Waals surface area (Å²) in [5.41, 5.74) is 3.25. The molecule has 1 saturated heterocycles. The maximum Gasteiger partial charge on any atom is 0.229 e. The SMILES string of the molecule is CS(=O)(=O)CCCn1cnc2c(-n3ncc4ccccc43)nc(N3CCN(c4ccc(O)cc4)CC3)nc21. The highest BCUT2D eigenvalue weighted by Crippen LogP contribution is 2.27. The zero-order valence-corrected chi connectivity index (χ0v) is 21.8. The number of nitrogens with zero attached hydrogens (tertiary/aromatic N) is 8. The molecule has 5 aromatic rings. The number of fused-ring (bicyclic) bond motifs is 2. The van der Waals surface area contributed by atoms with Crippen LogP contribution in [0.1, 0.15) is 6.42 Å². The van der Waals surface area contributed by atoms with Gasteiger partial charge in [0.05, 0.1) is 23.8 Å². The summed E-state index contributed by atoms with van der Waals surface area (Å²) in [5.74, 6) is 1.53. The number of hydrogen-bond donors (Lipinski definition) is 1. The van der Waals surface area contributed by atoms with Crippen molar-refractivity contribution in [1.82, 2.24) is 29.3 Å². The summed E-state index contributed by atoms with van der Waals surface area (Å²) in [4.78, 5) is 18.9. The van der Waals surface area contributed by atoms with Gasteiger partial charge in [0.2, 0.25) is 5.95 Å². The van der Waals surface area contributed by atoms with Crippen LogP contribution in [-0.2, 0) is 16.4 Å². The summed E-state index contributed by atoms with van der Waals surface area (Å²) < 4.78 is 27.0. The van der Waals surface area contributed by atoms with Crippen LogP contribution < -0.4 is 9.80 Å². The number of benzene rings is 2. The molecule has 3 aromatic heterocycles. The third-order valence-electron chi connectivity index (χ3n) is 6.80. The van der Waals surface area contributed by atoms with Crippen molar-refractivity contribution >= 4 is 43.5 Å². The molecular weight excluding hydrogens is 504 g/mol. The summed E-state index contributed by atoms with van der Waals surface area (Å²) in [6, 6.07) is 15.2. The van der Waals surface area contributed by atoms with Crippen LogP contribution >= 0.6 is 0 Å². The lowest BCUT2D eigenvalue weighted by Gasteiger charge is -2.36. The second-order valence-corrected chi connectivity index (χ2v) is 11.8. The molecule has 6 rings (SSSR count). The number of phenols is 1. The fourth-order valence-electron chi connectivity index (χ4n) is 4.84. The Balaban J connectivity index is 1.36. The molecule has 0 saturated carbocycles. The molecule has 0 atom stereocenters. The predicted octanol–water partition coefficient (Wildman–Crippen LogP) is 2.63. The van der Waals surface area contributed by atoms with E-state index in [0.29, 0.717) is 49.0 Å². The minimum Gasteiger partial charge on any atom is -0.508 e. The van der Waals surface area contributed by atoms with Gasteiger partial charge >= 0.3 is 0 Å². The topological polar surface area (TPSA) is 122 Å². The maximum atomic E-state index is 11.7. The number of piperazine rings is 1. The van der Waals surface area contributed by atoms with E-state index in [2.05, 4.69) is 19.9 Å². The van der Waals surface area contributed by atoms with Gasteiger partial charge < -0.3 is 19.5 Å². The monoisotopic (exact) mass is 532 g/mol. The minimum absolute atomic E-state index is 0.0977. The smallest absolute Gasteiger partial charge is 0.229 e. The lowest BCUT2D eigenvalue weighted by Crippen LogP contribution is -2.47. The summed E-state index contributed by atoms with van der Waals surface area (Å²) in [6.45, 7) is 3.47. The van der Waals surface area contributed by atoms with Crippen molar-refractivity contribution in [2.75, 3.05) is 48.0 Å². The molecule has 1 fully saturated rings. The number of hydrogen-bond acceptors (Lipinski definition) is 9. The van der Waals surface area contributed by atoms with Crippen molar-refractivity contribution in [2.45, 2.75) is 13.0 Å². The number of rotatable bonds is 7. The predicted molar refractivity (Wildman–Crippen MR) is 147 cm³/mol. The van der Waals surface area contributed by atoms with Gasteiger partial charge in [0.1, 0.15) is 15.6 Å². The van der Waals surface area contributed by atoms with E-state index in [4.69, 9.17) is 9.97 Å². The Bertz CT molecular complexity index is 1700. The van der Waals surface area contributed by atoms with E-state index in [0.717, 1.165) is 29.7 Å². The zero-order chi connectivity index (χ0) is 26.3. The first-order valence-electron chi connectivity index (χ1n) is 12.5. The molecule has 0 unspecified atom stereocenters. The largest absolute Gasteiger partial charge is 0.508 e. The lowest BCUT2D eigenvalue weighted by atomic mass is 10.2. The van der Waals surface area contributed by atoms with Gasteiger partial charge in [-0.25, -0.2) is 18.1 Å². The van der Waals surface area contributed by atoms with Crippen LogP contribution in [0.5, 0.6) is 5.75 Å². The van der Waals surface area contributed by atoms with E-state index < -0.39 is 9.84 Å². The molecule has 12 heteroatoms. The van der Waals surface area contributed by atoms with Crippen LogP contribution in [0.2, 0.25) is 0 Å². The number of sulfone groups is 1. The Kier molecular flexibility index (Phi) is 6.10. The Morgan fingerprint density at radius 1 is 0.947 bits per heavy atom. The van der Waals surface area contributed by atoms with Crippen LogP contribution in [0.4, 0.5) is 11.6 Å². The van der Waals surface area contributed by atoms with Crippen molar-refractivity contribution in [3.05, 3.63) is 61.1 Å². The van der Waals surface area contributed by atoms with E-state index in [1.165, 1.54) is 6.26 Å². The highest BCUT2D eigenvalue weighted by Gasteiger charge is 2.24. The van der Waals surface area contributed by atoms with Crippen LogP contribution in [-0.4, -0.2) is 81.0 Å². The molecule has 4 heterocycles. The van der Waals surface area contributed by atoms with Crippen molar-refractivity contribution < 1.29 is 13.5 Å². The maximum absolute atomic E-state index is 11.7. The van der Waals surface area contributed by atoms with E-state index in [1.807, 2.05) is 47.2 Å². The van der Waals surface area contributed by atoms with Crippen molar-refractivity contribution in [2.24, 2.45) is 0 Å². The van der Waals surface area contributed by atoms with Gasteiger partial charge in [-0.2, -0.15) is 15.1 Å². The number of phenolic OH excluding ortho intramolecular Hbond substituents is 1. The fourth-order valence-corrected chi connectivity index (χ4v) is 5.49. The zero-order valence-electron chi connectivity index (χ0n) is 21.0. The second kappa shape index (κ2) is 9.60. The number of aromatic nitrogens is 6. The van der Waals surface area contributed by atoms with Crippen molar-refractivity contribution in [1.29, 1.82) is 0 Å². The molecule has 1 aliphatic heterocycles. The molecule has 0 radical (unpaired) electrons. The van der Waals surface area contributed by atoms with Gasteiger partial charge in [-0.1, -0.05) is 18.2 Å². The summed E-state index contributed by atoms with van der Waals surface area (Å²) in [6.07, 6.45) is 5.22. The van der Waals surface area contributed by atoms with Crippen LogP contribution in [0, 0.1) is 0 Å². The lowest BCUT2D eigenvalue weighted by molar-refractivity contribution is 0.475. The van der Waals surface area contributed by atoms with Crippen LogP contribution in [0.15, 0.2) is 61.1 Å². The molecular formula is C26H28N8O3S. The Morgan fingerprint density at radius 2 is 1.68 bits per heavy atom. The van der Waals surface area contributed by atoms with E-state index in [9.17, 15) is 13.5 Å². The molecule has 1 N–H and O–H groups in total. The standard InChI is InChI=1S/C26H28N8O3S/c1-38(36,37)16-4-11-33-18-27-23-24(33)29-26(30-25(23)34-22-6-3-2-5-19(22)17-28-34)32-14-12-31(13-15-32)20-7-9-21(35)10-8-20/h2-3,5-10,17-18,35H,4,11-16H2,1H3. The fraction of sp³-hybridized carbons (Fsp3) is 0.308. The normalized spacial score (nSPS) is 14.6. The quantitative estimate of drug-likeness (QED) is 0.337. The minimum atomic E-state index is -3.06. The van der Waals surface area contributed by atoms with Crippen LogP contribution in [0.3, 0.4) is 0 Å². The molecule has 196 valence electrons. The van der Waals surface area contributed by atoms with E-state index in [-0.39, 0.29) is 11.5 Å². The number of anilines is 2. The molecule has 11 nitrogen and oxygen atoms in total. The van der Waals surface area contributed by atoms with Gasteiger partial charge in [-0.3, -0.25) is 0 Å². The van der Waals surface area contributed by atoms with E-state index >= 15 is 0 Å². The highest BCUT2D eigenvalue weighted by atomic mass is 32.2. The third kappa shape index (κ3) is 4.74. The van der Waals surface area contributed by atoms with Gasteiger partial charge in [0, 0.05) is 50.1 Å². The number of para-hydroxylation sites is 1. The number of aromatic hydroxyl groups is 1. The molecule has 0 bridgehead atoms. The molecule has 38 heavy (non-hydrogen) atoms. The summed E-state index contributed by atoms with van der Waals surface area (Å²) in [7, 11) is -3.06. The number of imidazole rings is 1. The number of aryl methyl sites for hydroxylation is 1. The average molecular weight is 533 g/mol. The molecule has 0 spiro atoms. The van der Waals surface area contributed by atoms with E-state index in [1.54, 1.807) is 23.1 Å². The van der Waals surface area contributed by atoms with Crippen molar-refractivity contribution in [3.63, 3.8) is 0 Å². The first-order valence-corrected chi connectivity index (χ1v) is 14.5. The van der Waals surface area contributed by atoms with Gasteiger partial charge in [0.15, 0.2) is 17.0 Å². The third-order valence-corrected chi connectivity index (χ3v) is 7.83. The molecule has 0 amide bonds. The second-order valence-electron chi connectivity index (χ2n) is 9.55. The molecule has 1 aliphatic rings. The first-order chi connectivity index (χ1) is 18.4. The summed E-state index contributed by atoms with van der Waals surface area (Å²) >= 11 is 0. The Morgan fingerprint density at radius 3 is 2.45 bits per heavy atom. The van der Waals surface area contributed by atoms with Gasteiger partial charge in [-0.05, 0) is 36.8 Å². The van der Waals surface area contributed by atoms with Gasteiger partial charge in [0.25, 0.3) is 0 Å².